The van der Waals surface area contributed by atoms with Crippen molar-refractivity contribution in [2.45, 2.75) is 44.8 Å². The van der Waals surface area contributed by atoms with Crippen LogP contribution in [0, 0.1) is 6.57 Å². The van der Waals surface area contributed by atoms with E-state index >= 15 is 0 Å². The maximum Gasteiger partial charge on any atom is 0.223 e. The third-order valence-corrected chi connectivity index (χ3v) is 2.10. The second-order valence-corrected chi connectivity index (χ2v) is 3.20. The fourth-order valence-corrected chi connectivity index (χ4v) is 1.43. The molecule has 62 valence electrons. The molecule has 2 heteroatoms. The molecule has 0 radical (unpaired) electrons. The molecule has 0 aliphatic carbocycles. The number of rotatable bonds is 2. The van der Waals surface area contributed by atoms with E-state index in [2.05, 4.69) is 4.85 Å². The molecule has 1 rings (SSSR count). The van der Waals surface area contributed by atoms with Gasteiger partial charge in [0.2, 0.25) is 6.04 Å². The van der Waals surface area contributed by atoms with Crippen molar-refractivity contribution in [3.05, 3.63) is 11.4 Å². The molecule has 0 bridgehead atoms. The molecule has 0 aromatic rings. The minimum Gasteiger partial charge on any atom is -0.378 e. The third kappa shape index (κ3) is 2.90. The molecule has 1 heterocycles. The summed E-state index contributed by atoms with van der Waals surface area (Å²) in [5, 5.41) is 0. The van der Waals surface area contributed by atoms with E-state index < -0.39 is 0 Å². The highest BCUT2D eigenvalue weighted by Crippen LogP contribution is 2.17. The lowest BCUT2D eigenvalue weighted by molar-refractivity contribution is 0.0100. The molecule has 0 amide bonds. The van der Waals surface area contributed by atoms with Crippen molar-refractivity contribution in [3.8, 4) is 0 Å². The summed E-state index contributed by atoms with van der Waals surface area (Å²) in [6.07, 6.45) is 4.91. The summed E-state index contributed by atoms with van der Waals surface area (Å²) in [6, 6.07) is 0.137. The van der Waals surface area contributed by atoms with E-state index in [1.807, 2.05) is 6.92 Å². The Hall–Kier alpha value is -0.550. The first-order chi connectivity index (χ1) is 5.33. The number of nitrogens with zero attached hydrogens (tertiary/aromatic N) is 1. The Balaban J connectivity index is 2.20. The van der Waals surface area contributed by atoms with E-state index in [9.17, 15) is 0 Å². The van der Waals surface area contributed by atoms with E-state index in [-0.39, 0.29) is 6.04 Å². The zero-order chi connectivity index (χ0) is 8.10. The van der Waals surface area contributed by atoms with Crippen LogP contribution in [0.25, 0.3) is 4.85 Å². The fraction of sp³-hybridized carbons (Fsp3) is 0.889. The number of hydrogen-bond acceptors (Lipinski definition) is 1. The van der Waals surface area contributed by atoms with E-state index in [1.54, 1.807) is 0 Å². The molecule has 1 aliphatic rings. The predicted octanol–water partition coefficient (Wildman–Crippen LogP) is 2.25. The van der Waals surface area contributed by atoms with Crippen molar-refractivity contribution in [1.82, 2.24) is 0 Å². The molecule has 0 aromatic carbocycles. The highest BCUT2D eigenvalue weighted by molar-refractivity contribution is 4.78. The van der Waals surface area contributed by atoms with Gasteiger partial charge in [-0.25, -0.2) is 6.57 Å². The molecule has 0 spiro atoms. The van der Waals surface area contributed by atoms with Gasteiger partial charge >= 0.3 is 0 Å². The summed E-state index contributed by atoms with van der Waals surface area (Å²) >= 11 is 0. The van der Waals surface area contributed by atoms with Gasteiger partial charge in [-0.15, -0.1) is 0 Å². The van der Waals surface area contributed by atoms with Crippen LogP contribution in [0.15, 0.2) is 0 Å². The van der Waals surface area contributed by atoms with Gasteiger partial charge in [0.05, 0.1) is 6.10 Å². The molecule has 2 atom stereocenters. The summed E-state index contributed by atoms with van der Waals surface area (Å²) in [7, 11) is 0. The zero-order valence-corrected chi connectivity index (χ0v) is 7.05. The second kappa shape index (κ2) is 4.35. The largest absolute Gasteiger partial charge is 0.378 e. The van der Waals surface area contributed by atoms with Crippen LogP contribution < -0.4 is 0 Å². The van der Waals surface area contributed by atoms with Gasteiger partial charge < -0.3 is 9.58 Å². The lowest BCUT2D eigenvalue weighted by atomic mass is 10.0. The number of hydrogen-bond donors (Lipinski definition) is 0. The standard InChI is InChI=1S/C9H15NO/c1-8(10-2)7-9-5-3-4-6-11-9/h8-9H,3-7H2,1H3. The highest BCUT2D eigenvalue weighted by atomic mass is 16.5. The monoisotopic (exact) mass is 153 g/mol. The summed E-state index contributed by atoms with van der Waals surface area (Å²) in [5.74, 6) is 0. The first kappa shape index (κ1) is 8.55. The van der Waals surface area contributed by atoms with Crippen LogP contribution in [0.3, 0.4) is 0 Å². The van der Waals surface area contributed by atoms with Crippen LogP contribution in [0.4, 0.5) is 0 Å². The van der Waals surface area contributed by atoms with Gasteiger partial charge in [0.25, 0.3) is 0 Å². The minimum atomic E-state index is 0.137. The molecule has 11 heavy (non-hydrogen) atoms. The van der Waals surface area contributed by atoms with Crippen LogP contribution in [0.1, 0.15) is 32.6 Å². The third-order valence-electron chi connectivity index (χ3n) is 2.10. The van der Waals surface area contributed by atoms with Gasteiger partial charge in [0.15, 0.2) is 0 Å². The Labute approximate surface area is 68.4 Å². The summed E-state index contributed by atoms with van der Waals surface area (Å²) in [4.78, 5) is 3.45. The van der Waals surface area contributed by atoms with Gasteiger partial charge in [0, 0.05) is 20.0 Å². The van der Waals surface area contributed by atoms with E-state index in [0.29, 0.717) is 6.10 Å². The Bertz CT molecular complexity index is 144. The van der Waals surface area contributed by atoms with E-state index in [4.69, 9.17) is 11.3 Å². The van der Waals surface area contributed by atoms with Gasteiger partial charge in [-0.3, -0.25) is 0 Å². The summed E-state index contributed by atoms with van der Waals surface area (Å²) in [6.45, 7) is 9.66. The molecule has 1 fully saturated rings. The van der Waals surface area contributed by atoms with Crippen molar-refractivity contribution in [2.75, 3.05) is 6.61 Å². The minimum absolute atomic E-state index is 0.137. The average molecular weight is 153 g/mol. The quantitative estimate of drug-likeness (QED) is 0.555. The van der Waals surface area contributed by atoms with Crippen LogP contribution in [0.5, 0.6) is 0 Å². The van der Waals surface area contributed by atoms with Gasteiger partial charge in [-0.1, -0.05) is 0 Å². The van der Waals surface area contributed by atoms with Crippen LogP contribution >= 0.6 is 0 Å². The van der Waals surface area contributed by atoms with Crippen LogP contribution in [-0.4, -0.2) is 18.8 Å². The molecule has 2 nitrogen and oxygen atoms in total. The van der Waals surface area contributed by atoms with Crippen molar-refractivity contribution in [1.29, 1.82) is 0 Å². The van der Waals surface area contributed by atoms with Crippen LogP contribution in [-0.2, 0) is 4.74 Å². The Kier molecular flexibility index (Phi) is 3.38. The highest BCUT2D eigenvalue weighted by Gasteiger charge is 2.18. The maximum atomic E-state index is 6.80. The normalized spacial score (nSPS) is 27.5. The second-order valence-electron chi connectivity index (χ2n) is 3.20. The molecule has 0 saturated carbocycles. The first-order valence-corrected chi connectivity index (χ1v) is 4.31. The number of ether oxygens (including phenoxy) is 1. The lowest BCUT2D eigenvalue weighted by Crippen LogP contribution is -2.22. The predicted molar refractivity (Wildman–Crippen MR) is 44.3 cm³/mol. The first-order valence-electron chi connectivity index (χ1n) is 4.31. The lowest BCUT2D eigenvalue weighted by Gasteiger charge is -2.21. The van der Waals surface area contributed by atoms with E-state index in [1.165, 1.54) is 12.8 Å². The van der Waals surface area contributed by atoms with Crippen LogP contribution in [0.2, 0.25) is 0 Å². The van der Waals surface area contributed by atoms with E-state index in [0.717, 1.165) is 19.4 Å². The fourth-order valence-electron chi connectivity index (χ4n) is 1.43. The van der Waals surface area contributed by atoms with Gasteiger partial charge in [-0.05, 0) is 19.3 Å². The van der Waals surface area contributed by atoms with Gasteiger partial charge in [0.1, 0.15) is 0 Å². The van der Waals surface area contributed by atoms with Gasteiger partial charge in [-0.2, -0.15) is 0 Å². The Morgan fingerprint density at radius 3 is 3.00 bits per heavy atom. The van der Waals surface area contributed by atoms with Crippen molar-refractivity contribution >= 4 is 0 Å². The molecule has 1 saturated heterocycles. The Morgan fingerprint density at radius 2 is 2.45 bits per heavy atom. The van der Waals surface area contributed by atoms with Crippen molar-refractivity contribution in [3.63, 3.8) is 0 Å². The average Bonchev–Trinajstić information content (AvgIpc) is 2.06. The SMILES string of the molecule is [C-]#[N+]C(C)CC1CCCCO1. The molecule has 0 N–H and O–H groups in total. The van der Waals surface area contributed by atoms with Crippen molar-refractivity contribution < 1.29 is 4.74 Å². The molecular weight excluding hydrogens is 138 g/mol. The topological polar surface area (TPSA) is 13.6 Å². The smallest absolute Gasteiger partial charge is 0.223 e. The summed E-state index contributed by atoms with van der Waals surface area (Å²) in [5.41, 5.74) is 0. The molecule has 0 aromatic heterocycles. The summed E-state index contributed by atoms with van der Waals surface area (Å²) < 4.78 is 5.51. The molecular formula is C9H15NO. The zero-order valence-electron chi connectivity index (χ0n) is 7.05. The van der Waals surface area contributed by atoms with Crippen molar-refractivity contribution in [2.24, 2.45) is 0 Å². The Morgan fingerprint density at radius 1 is 1.64 bits per heavy atom. The molecule has 1 aliphatic heterocycles. The maximum absolute atomic E-state index is 6.80. The molecule has 2 unspecified atom stereocenters.